The number of rotatable bonds is 29. The van der Waals surface area contributed by atoms with Crippen LogP contribution in [0.15, 0.2) is 72.6 Å². The molecule has 27 nitrogen and oxygen atoms in total. The first-order valence-electron chi connectivity index (χ1n) is 21.5. The highest BCUT2D eigenvalue weighted by Crippen LogP contribution is 2.18. The van der Waals surface area contributed by atoms with E-state index in [0.717, 1.165) is 18.6 Å². The molecule has 0 aliphatic heterocycles. The Morgan fingerprint density at radius 3 is 2.00 bits per heavy atom. The number of alkyl carbamates (subject to hydrolysis) is 2. The summed E-state index contributed by atoms with van der Waals surface area (Å²) in [6, 6.07) is 9.70. The van der Waals surface area contributed by atoms with E-state index in [2.05, 4.69) is 26.6 Å². The number of non-ortho nitro benzene ring substituents is 1. The lowest BCUT2D eigenvalue weighted by atomic mass is 10.0. The highest BCUT2D eigenvalue weighted by Gasteiger charge is 2.25. The third kappa shape index (κ3) is 28.9. The molecule has 386 valence electrons. The molecule has 7 amide bonds. The summed E-state index contributed by atoms with van der Waals surface area (Å²) in [5.41, 5.74) is 11.6. The van der Waals surface area contributed by atoms with Crippen molar-refractivity contribution in [3.05, 3.63) is 88.3 Å². The van der Waals surface area contributed by atoms with Crippen LogP contribution in [0.1, 0.15) is 32.8 Å². The van der Waals surface area contributed by atoms with E-state index in [1.807, 2.05) is 6.92 Å². The first-order chi connectivity index (χ1) is 33.3. The summed E-state index contributed by atoms with van der Waals surface area (Å²) in [5, 5.41) is 24.4. The summed E-state index contributed by atoms with van der Waals surface area (Å²) < 4.78 is 30.8. The van der Waals surface area contributed by atoms with E-state index in [4.69, 9.17) is 45.7 Å². The molecule has 0 aliphatic rings. The maximum Gasteiger partial charge on any atom is 0.514 e. The third-order valence-electron chi connectivity index (χ3n) is 8.49. The maximum absolute atomic E-state index is 12.8. The van der Waals surface area contributed by atoms with E-state index in [1.165, 1.54) is 40.4 Å². The number of carbonyl (C=O) groups is 8. The van der Waals surface area contributed by atoms with Crippen LogP contribution >= 0.6 is 0 Å². The zero-order chi connectivity index (χ0) is 52.3. The Kier molecular flexibility index (Phi) is 30.1. The number of likely N-dealkylation sites (N-methyl/N-ethyl adjacent to an activating group) is 1. The van der Waals surface area contributed by atoms with Gasteiger partial charge in [0.25, 0.3) is 5.69 Å². The molecule has 0 bridgehead atoms. The molecular weight excluding hydrogens is 927 g/mol. The number of anilines is 1. The van der Waals surface area contributed by atoms with E-state index >= 15 is 0 Å². The van der Waals surface area contributed by atoms with Gasteiger partial charge in [0.05, 0.1) is 51.0 Å². The van der Waals surface area contributed by atoms with Gasteiger partial charge < -0.3 is 76.4 Å². The number of hydrogen-bond donors (Lipinski definition) is 8. The zero-order valence-corrected chi connectivity index (χ0v) is 39.4. The van der Waals surface area contributed by atoms with Gasteiger partial charge in [-0.05, 0) is 48.2 Å². The van der Waals surface area contributed by atoms with Crippen molar-refractivity contribution in [3.8, 4) is 5.75 Å². The molecule has 0 aromatic heterocycles. The number of urea groups is 1. The second-order valence-electron chi connectivity index (χ2n) is 14.6. The van der Waals surface area contributed by atoms with Gasteiger partial charge in [-0.1, -0.05) is 32.9 Å². The fraction of sp³-hybridized carbons (Fsp3) is 0.442. The van der Waals surface area contributed by atoms with Crippen LogP contribution in [-0.2, 0) is 49.5 Å². The van der Waals surface area contributed by atoms with Crippen molar-refractivity contribution in [2.24, 2.45) is 23.2 Å². The van der Waals surface area contributed by atoms with Crippen molar-refractivity contribution >= 4 is 59.8 Å². The van der Waals surface area contributed by atoms with E-state index in [1.54, 1.807) is 45.2 Å². The Balaban J connectivity index is 0.00000323. The van der Waals surface area contributed by atoms with Crippen LogP contribution in [0.2, 0.25) is 0 Å². The quantitative estimate of drug-likeness (QED) is 0.00652. The van der Waals surface area contributed by atoms with E-state index in [0.29, 0.717) is 24.1 Å². The van der Waals surface area contributed by atoms with Gasteiger partial charge in [0.1, 0.15) is 37.9 Å². The number of nitro benzene ring substituents is 1. The smallest absolute Gasteiger partial charge is 0.447 e. The standard InChI is InChI=1S/C39H53N9O15.C4H10N2O/c1-27(2)35(36(52)42-24-33(50)44-30-8-6-28(7-9-30)26-62-39(55)63-32-12-10-31(11-13-32)48(56)57)45-38(54)61-22-20-59-18-15-47(41)25-29(40)23-43-37(53)60-21-19-58-17-14-46(3)34(51)5-4-16-49;1-2-3-6-4(5)7/h4-13,16,25,27,35H,14-15,17-24,26,40-41H2,1-3H3,(H,42,52)(H,43,53)(H,44,50)(H,45,54);2-3H2,1H3,(H3,5,6,7)/b5-4-,29-25-;. The fourth-order valence-corrected chi connectivity index (χ4v) is 4.89. The van der Waals surface area contributed by atoms with Crippen LogP contribution in [0.25, 0.3) is 0 Å². The Bertz CT molecular complexity index is 2040. The van der Waals surface area contributed by atoms with Crippen molar-refractivity contribution in [2.75, 3.05) is 84.7 Å². The molecule has 1 unspecified atom stereocenters. The second kappa shape index (κ2) is 35.2. The molecule has 0 radical (unpaired) electrons. The molecule has 0 aliphatic carbocycles. The molecule has 1 atom stereocenters. The molecule has 11 N–H and O–H groups in total. The third-order valence-corrected chi connectivity index (χ3v) is 8.49. The number of allylic oxidation sites excluding steroid dienone is 1. The normalized spacial score (nSPS) is 11.1. The number of nitro groups is 1. The number of primary amides is 1. The van der Waals surface area contributed by atoms with Crippen molar-refractivity contribution < 1.29 is 71.7 Å². The number of nitrogens with two attached hydrogens (primary N) is 3. The highest BCUT2D eigenvalue weighted by molar-refractivity contribution is 5.96. The highest BCUT2D eigenvalue weighted by atomic mass is 16.7. The Morgan fingerprint density at radius 2 is 1.43 bits per heavy atom. The minimum atomic E-state index is -1.02. The molecule has 27 heteroatoms. The van der Waals surface area contributed by atoms with Crippen LogP contribution in [0.4, 0.5) is 30.6 Å². The maximum atomic E-state index is 12.8. The largest absolute Gasteiger partial charge is 0.514 e. The summed E-state index contributed by atoms with van der Waals surface area (Å²) >= 11 is 0. The summed E-state index contributed by atoms with van der Waals surface area (Å²) in [6.45, 7) is 6.13. The monoisotopic (exact) mass is 989 g/mol. The minimum Gasteiger partial charge on any atom is -0.447 e. The van der Waals surface area contributed by atoms with E-state index in [-0.39, 0.29) is 94.8 Å². The molecule has 0 spiro atoms. The lowest BCUT2D eigenvalue weighted by molar-refractivity contribution is -0.384. The first-order valence-corrected chi connectivity index (χ1v) is 21.5. The molecule has 70 heavy (non-hydrogen) atoms. The van der Waals surface area contributed by atoms with Gasteiger partial charge in [0.15, 0.2) is 0 Å². The van der Waals surface area contributed by atoms with Crippen LogP contribution in [0.3, 0.4) is 0 Å². The molecule has 2 rings (SSSR count). The lowest BCUT2D eigenvalue weighted by Gasteiger charge is -2.21. The van der Waals surface area contributed by atoms with Crippen molar-refractivity contribution in [2.45, 2.75) is 39.8 Å². The zero-order valence-electron chi connectivity index (χ0n) is 39.4. The molecule has 0 heterocycles. The SMILES string of the molecule is CC(C)C(NC(=O)OCCOCCN(N)/C=C(\N)CNC(=O)OCCOCCN(C)C(=O)/C=C\C=O)C(=O)NCC(=O)Nc1ccc(COC(=O)Oc2ccc([N+](=O)[O-])cc2)cc1.CCCNC(N)=O. The van der Waals surface area contributed by atoms with Gasteiger partial charge in [-0.15, -0.1) is 0 Å². The van der Waals surface area contributed by atoms with E-state index < -0.39 is 53.7 Å². The summed E-state index contributed by atoms with van der Waals surface area (Å²) in [4.78, 5) is 105. The number of nitrogens with zero attached hydrogens (tertiary/aromatic N) is 3. The minimum absolute atomic E-state index is 0.00860. The number of aldehydes is 1. The van der Waals surface area contributed by atoms with Gasteiger partial charge in [-0.2, -0.15) is 0 Å². The summed E-state index contributed by atoms with van der Waals surface area (Å²) in [5.74, 6) is 4.07. The average Bonchev–Trinajstić information content (AvgIpc) is 3.32. The van der Waals surface area contributed by atoms with Crippen molar-refractivity contribution in [3.63, 3.8) is 0 Å². The van der Waals surface area contributed by atoms with Crippen molar-refractivity contribution in [1.82, 2.24) is 31.2 Å². The lowest BCUT2D eigenvalue weighted by Crippen LogP contribution is -2.51. The number of hydrogen-bond acceptors (Lipinski definition) is 19. The van der Waals surface area contributed by atoms with Crippen molar-refractivity contribution in [1.29, 1.82) is 0 Å². The fourth-order valence-electron chi connectivity index (χ4n) is 4.89. The van der Waals surface area contributed by atoms with Crippen LogP contribution in [-0.4, -0.2) is 149 Å². The first kappa shape index (κ1) is 60.0. The number of amides is 7. The average molecular weight is 990 g/mol. The van der Waals surface area contributed by atoms with Crippen LogP contribution < -0.4 is 48.6 Å². The molecule has 2 aromatic carbocycles. The van der Waals surface area contributed by atoms with Crippen LogP contribution in [0.5, 0.6) is 5.75 Å². The van der Waals surface area contributed by atoms with Gasteiger partial charge in [-0.25, -0.2) is 25.0 Å². The number of nitrogens with one attached hydrogen (secondary N) is 5. The van der Waals surface area contributed by atoms with Gasteiger partial charge >= 0.3 is 24.4 Å². The topological polar surface area (TPSA) is 380 Å². The molecule has 0 saturated heterocycles. The predicted octanol–water partition coefficient (Wildman–Crippen LogP) is 1.13. The number of carbonyl (C=O) groups excluding carboxylic acids is 8. The van der Waals surface area contributed by atoms with Crippen LogP contribution in [0, 0.1) is 16.0 Å². The van der Waals surface area contributed by atoms with Gasteiger partial charge in [-0.3, -0.25) is 29.3 Å². The molecule has 2 aromatic rings. The second-order valence-corrected chi connectivity index (χ2v) is 14.6. The summed E-state index contributed by atoms with van der Waals surface area (Å²) in [7, 11) is 1.55. The molecule has 0 saturated carbocycles. The molecular formula is C43H63N11O16. The predicted molar refractivity (Wildman–Crippen MR) is 250 cm³/mol. The number of benzene rings is 2. The Labute approximate surface area is 403 Å². The Hall–Kier alpha value is -8.04. The van der Waals surface area contributed by atoms with Gasteiger partial charge in [0, 0.05) is 55.9 Å². The summed E-state index contributed by atoms with van der Waals surface area (Å²) in [6.07, 6.45) is 2.42. The van der Waals surface area contributed by atoms with E-state index in [9.17, 15) is 48.5 Å². The number of hydrazine groups is 1. The molecule has 0 fully saturated rings. The van der Waals surface area contributed by atoms with Gasteiger partial charge in [0.2, 0.25) is 17.7 Å². The number of ether oxygens (including phenoxy) is 6. The Morgan fingerprint density at radius 1 is 0.800 bits per heavy atom.